The Balaban J connectivity index is 1.48. The lowest BCUT2D eigenvalue weighted by Crippen LogP contribution is -2.04. The summed E-state index contributed by atoms with van der Waals surface area (Å²) in [6.07, 6.45) is 3.20. The summed E-state index contributed by atoms with van der Waals surface area (Å²) in [7, 11) is 3.51. The van der Waals surface area contributed by atoms with Crippen molar-refractivity contribution in [3.05, 3.63) is 48.8 Å². The number of hydrogen-bond donors (Lipinski definition) is 7. The van der Waals surface area contributed by atoms with E-state index in [-0.39, 0.29) is 0 Å². The normalized spacial score (nSPS) is 11.0. The number of rotatable bonds is 6. The van der Waals surface area contributed by atoms with Gasteiger partial charge in [-0.25, -0.2) is 19.9 Å². The highest BCUT2D eigenvalue weighted by atomic mass is 15.1. The average Bonchev–Trinajstić information content (AvgIpc) is 3.19. The minimum absolute atomic E-state index is 0.350. The van der Waals surface area contributed by atoms with Crippen molar-refractivity contribution in [2.75, 3.05) is 46.8 Å². The first-order chi connectivity index (χ1) is 16.0. The molecule has 0 aliphatic rings. The lowest BCUT2D eigenvalue weighted by atomic mass is 10.1. The van der Waals surface area contributed by atoms with Gasteiger partial charge in [0.2, 0.25) is 0 Å². The number of aromatic amines is 1. The van der Waals surface area contributed by atoms with Crippen molar-refractivity contribution in [2.24, 2.45) is 0 Å². The summed E-state index contributed by atoms with van der Waals surface area (Å²) in [4.78, 5) is 20.7. The zero-order chi connectivity index (χ0) is 22.9. The van der Waals surface area contributed by atoms with Gasteiger partial charge in [-0.1, -0.05) is 0 Å². The molecule has 33 heavy (non-hydrogen) atoms. The van der Waals surface area contributed by atoms with Gasteiger partial charge in [-0.3, -0.25) is 0 Å². The summed E-state index contributed by atoms with van der Waals surface area (Å²) in [5, 5.41) is 14.6. The highest BCUT2D eigenvalue weighted by Gasteiger charge is 2.09. The van der Waals surface area contributed by atoms with Crippen molar-refractivity contribution in [1.82, 2.24) is 24.9 Å². The molecule has 0 aliphatic carbocycles. The van der Waals surface area contributed by atoms with Gasteiger partial charge in [0.15, 0.2) is 34.9 Å². The number of nitrogens with two attached hydrogens (primary N) is 2. The molecule has 0 aliphatic heterocycles. The number of fused-ring (bicyclic) bond motifs is 3. The fourth-order valence-corrected chi connectivity index (χ4v) is 3.63. The molecule has 11 nitrogen and oxygen atoms in total. The summed E-state index contributed by atoms with van der Waals surface area (Å²) in [5.74, 6) is 2.94. The Morgan fingerprint density at radius 2 is 1.15 bits per heavy atom. The number of nitrogens with one attached hydrogen (secondary N) is 5. The molecule has 2 aromatic carbocycles. The van der Waals surface area contributed by atoms with Crippen LogP contribution in [0.15, 0.2) is 48.8 Å². The van der Waals surface area contributed by atoms with Gasteiger partial charge in [-0.05, 0) is 36.4 Å². The van der Waals surface area contributed by atoms with Gasteiger partial charge in [-0.15, -0.1) is 0 Å². The van der Waals surface area contributed by atoms with Gasteiger partial charge in [0.05, 0.1) is 12.4 Å². The van der Waals surface area contributed by atoms with Gasteiger partial charge in [0, 0.05) is 47.3 Å². The molecular formula is C22H23N11. The number of nitrogen functional groups attached to an aromatic ring is 2. The van der Waals surface area contributed by atoms with Crippen LogP contribution in [0.4, 0.5) is 46.3 Å². The minimum Gasteiger partial charge on any atom is -0.381 e. The number of hydrogen-bond acceptors (Lipinski definition) is 10. The maximum Gasteiger partial charge on any atom is 0.170 e. The van der Waals surface area contributed by atoms with Crippen LogP contribution < -0.4 is 32.7 Å². The highest BCUT2D eigenvalue weighted by Crippen LogP contribution is 2.31. The molecule has 0 saturated carbocycles. The lowest BCUT2D eigenvalue weighted by molar-refractivity contribution is 1.19. The first-order valence-corrected chi connectivity index (χ1v) is 10.2. The molecular weight excluding hydrogens is 418 g/mol. The van der Waals surface area contributed by atoms with Crippen molar-refractivity contribution in [3.63, 3.8) is 0 Å². The van der Waals surface area contributed by atoms with Gasteiger partial charge in [0.1, 0.15) is 0 Å². The van der Waals surface area contributed by atoms with Crippen molar-refractivity contribution < 1.29 is 0 Å². The molecule has 0 fully saturated rings. The number of nitrogens with zero attached hydrogens (tertiary/aromatic N) is 4. The number of benzene rings is 2. The van der Waals surface area contributed by atoms with Crippen LogP contribution in [0.1, 0.15) is 0 Å². The van der Waals surface area contributed by atoms with Gasteiger partial charge in [0.25, 0.3) is 0 Å². The molecule has 0 amide bonds. The maximum absolute atomic E-state index is 5.82. The Kier molecular flexibility index (Phi) is 4.90. The zero-order valence-electron chi connectivity index (χ0n) is 18.1. The lowest BCUT2D eigenvalue weighted by Gasteiger charge is -2.09. The summed E-state index contributed by atoms with van der Waals surface area (Å²) >= 11 is 0. The van der Waals surface area contributed by atoms with Crippen LogP contribution in [0, 0.1) is 0 Å². The van der Waals surface area contributed by atoms with Gasteiger partial charge < -0.3 is 37.7 Å². The third-order valence-electron chi connectivity index (χ3n) is 5.22. The molecule has 0 bridgehead atoms. The number of anilines is 8. The minimum atomic E-state index is 0.350. The van der Waals surface area contributed by atoms with E-state index in [9.17, 15) is 0 Å². The first kappa shape index (κ1) is 20.1. The summed E-state index contributed by atoms with van der Waals surface area (Å²) in [6, 6.07) is 12.2. The van der Waals surface area contributed by atoms with Crippen LogP contribution in [0.2, 0.25) is 0 Å². The molecule has 0 unspecified atom stereocenters. The Bertz CT molecular complexity index is 1370. The molecule has 5 rings (SSSR count). The van der Waals surface area contributed by atoms with Crippen LogP contribution in [0.5, 0.6) is 0 Å². The van der Waals surface area contributed by atoms with Crippen LogP contribution in [0.25, 0.3) is 21.8 Å². The molecule has 0 spiro atoms. The predicted octanol–water partition coefficient (Wildman–Crippen LogP) is 3.64. The largest absolute Gasteiger partial charge is 0.381 e. The van der Waals surface area contributed by atoms with Crippen LogP contribution in [-0.4, -0.2) is 39.0 Å². The highest BCUT2D eigenvalue weighted by molar-refractivity contribution is 6.09. The van der Waals surface area contributed by atoms with E-state index in [1.807, 2.05) is 24.3 Å². The summed E-state index contributed by atoms with van der Waals surface area (Å²) in [6.45, 7) is 0. The summed E-state index contributed by atoms with van der Waals surface area (Å²) < 4.78 is 0. The van der Waals surface area contributed by atoms with E-state index in [4.69, 9.17) is 11.5 Å². The molecule has 3 aromatic heterocycles. The van der Waals surface area contributed by atoms with Crippen molar-refractivity contribution in [2.45, 2.75) is 0 Å². The van der Waals surface area contributed by atoms with E-state index >= 15 is 0 Å². The molecule has 5 aromatic rings. The SMILES string of the molecule is CNc1nc(Nc2ccc3[nH]c4ccc(Nc5cnc(N)c(NC)n5)cc4c3c2)cnc1N. The van der Waals surface area contributed by atoms with Crippen LogP contribution >= 0.6 is 0 Å². The second kappa shape index (κ2) is 8.04. The second-order valence-electron chi connectivity index (χ2n) is 7.37. The fraction of sp³-hybridized carbons (Fsp3) is 0.0909. The van der Waals surface area contributed by atoms with E-state index in [2.05, 4.69) is 58.3 Å². The molecule has 11 heteroatoms. The topological polar surface area (TPSA) is 168 Å². The van der Waals surface area contributed by atoms with Crippen molar-refractivity contribution in [3.8, 4) is 0 Å². The molecule has 3 heterocycles. The Labute approximate surface area is 189 Å². The third-order valence-corrected chi connectivity index (χ3v) is 5.22. The predicted molar refractivity (Wildman–Crippen MR) is 134 cm³/mol. The molecule has 0 atom stereocenters. The van der Waals surface area contributed by atoms with E-state index in [0.717, 1.165) is 33.2 Å². The molecule has 0 saturated heterocycles. The monoisotopic (exact) mass is 441 g/mol. The van der Waals surface area contributed by atoms with E-state index in [0.29, 0.717) is 34.9 Å². The van der Waals surface area contributed by atoms with E-state index in [1.165, 1.54) is 0 Å². The standard InChI is InChI=1S/C22H23N11/c1-25-21-19(23)27-9-17(32-21)29-11-3-5-15-13(7-11)14-8-12(4-6-16(14)31-15)30-18-10-28-20(24)22(26-2)33-18/h3-10,31H,1-2H3,(H2,23,27)(H2,24,28)(H2,25,29,32)(H2,26,30,33). The summed E-state index contributed by atoms with van der Waals surface area (Å²) in [5.41, 5.74) is 15.4. The third kappa shape index (κ3) is 3.82. The van der Waals surface area contributed by atoms with Crippen molar-refractivity contribution in [1.29, 1.82) is 0 Å². The average molecular weight is 442 g/mol. The number of H-pyrrole nitrogens is 1. The zero-order valence-corrected chi connectivity index (χ0v) is 18.1. The van der Waals surface area contributed by atoms with Gasteiger partial charge in [-0.2, -0.15) is 0 Å². The van der Waals surface area contributed by atoms with E-state index in [1.54, 1.807) is 26.5 Å². The number of aromatic nitrogens is 5. The van der Waals surface area contributed by atoms with Crippen molar-refractivity contribution >= 4 is 68.1 Å². The Morgan fingerprint density at radius 3 is 1.58 bits per heavy atom. The second-order valence-corrected chi connectivity index (χ2v) is 7.37. The maximum atomic E-state index is 5.82. The van der Waals surface area contributed by atoms with Crippen LogP contribution in [0.3, 0.4) is 0 Å². The quantitative estimate of drug-likeness (QED) is 0.207. The Morgan fingerprint density at radius 1 is 0.697 bits per heavy atom. The fourth-order valence-electron chi connectivity index (χ4n) is 3.63. The Hall–Kier alpha value is -4.80. The van der Waals surface area contributed by atoms with E-state index < -0.39 is 0 Å². The van der Waals surface area contributed by atoms with Crippen LogP contribution in [-0.2, 0) is 0 Å². The van der Waals surface area contributed by atoms with Gasteiger partial charge >= 0.3 is 0 Å². The first-order valence-electron chi connectivity index (χ1n) is 10.2. The molecule has 166 valence electrons. The molecule has 9 N–H and O–H groups in total. The molecule has 0 radical (unpaired) electrons. The smallest absolute Gasteiger partial charge is 0.170 e.